The number of aromatic nitrogens is 1. The Balaban J connectivity index is 1.33. The third kappa shape index (κ3) is 5.81. The van der Waals surface area contributed by atoms with Gasteiger partial charge in [0.25, 0.3) is 0 Å². The van der Waals surface area contributed by atoms with Gasteiger partial charge in [0.1, 0.15) is 12.4 Å². The second-order valence-corrected chi connectivity index (χ2v) is 8.67. The van der Waals surface area contributed by atoms with Crippen molar-refractivity contribution < 1.29 is 9.84 Å². The molecule has 3 N–H and O–H groups in total. The van der Waals surface area contributed by atoms with Crippen molar-refractivity contribution in [3.63, 3.8) is 0 Å². The van der Waals surface area contributed by atoms with E-state index in [0.717, 1.165) is 42.1 Å². The number of rotatable bonds is 8. The summed E-state index contributed by atoms with van der Waals surface area (Å²) < 4.78 is 5.78. The molecule has 1 atom stereocenters. The zero-order valence-electron chi connectivity index (χ0n) is 17.9. The number of aliphatic hydroxyl groups excluding tert-OH is 1. The second-order valence-electron chi connectivity index (χ2n) is 8.26. The summed E-state index contributed by atoms with van der Waals surface area (Å²) in [5, 5.41) is 18.1. The molecule has 0 bridgehead atoms. The van der Waals surface area contributed by atoms with E-state index in [2.05, 4.69) is 32.6 Å². The van der Waals surface area contributed by atoms with Gasteiger partial charge < -0.3 is 25.4 Å². The van der Waals surface area contributed by atoms with Crippen LogP contribution < -0.4 is 10.6 Å². The first-order chi connectivity index (χ1) is 15.1. The topological polar surface area (TPSA) is 82.0 Å². The predicted molar refractivity (Wildman–Crippen MR) is 123 cm³/mol. The maximum atomic E-state index is 10.5. The third-order valence-electron chi connectivity index (χ3n) is 5.91. The van der Waals surface area contributed by atoms with Crippen LogP contribution in [0, 0.1) is 5.92 Å². The highest BCUT2D eigenvalue weighted by Gasteiger charge is 2.23. The molecule has 1 saturated heterocycles. The van der Waals surface area contributed by atoms with E-state index in [9.17, 15) is 5.11 Å². The van der Waals surface area contributed by atoms with E-state index in [-0.39, 0.29) is 6.61 Å². The van der Waals surface area contributed by atoms with Gasteiger partial charge in [-0.1, -0.05) is 29.8 Å². The Labute approximate surface area is 188 Å². The minimum Gasteiger partial charge on any atom is -0.369 e. The normalized spacial score (nSPS) is 19.6. The SMILES string of the molecule is CN1CCC(CNCc2nccc3c2NC(COCc2ccccc2Cl)=NC3O)CC1. The molecular weight excluding hydrogens is 414 g/mol. The molecule has 2 aliphatic rings. The lowest BCUT2D eigenvalue weighted by atomic mass is 9.97. The maximum absolute atomic E-state index is 10.5. The highest BCUT2D eigenvalue weighted by Crippen LogP contribution is 2.30. The van der Waals surface area contributed by atoms with E-state index in [1.165, 1.54) is 12.8 Å². The van der Waals surface area contributed by atoms with Crippen LogP contribution >= 0.6 is 11.6 Å². The Bertz CT molecular complexity index is 915. The number of anilines is 1. The van der Waals surface area contributed by atoms with E-state index in [0.29, 0.717) is 29.9 Å². The number of hydrogen-bond acceptors (Lipinski definition) is 7. The van der Waals surface area contributed by atoms with Crippen molar-refractivity contribution in [1.29, 1.82) is 0 Å². The van der Waals surface area contributed by atoms with Gasteiger partial charge in [-0.05, 0) is 63.1 Å². The summed E-state index contributed by atoms with van der Waals surface area (Å²) in [4.78, 5) is 11.2. The number of likely N-dealkylation sites (tertiary alicyclic amines) is 1. The van der Waals surface area contributed by atoms with Gasteiger partial charge in [-0.3, -0.25) is 4.98 Å². The zero-order valence-corrected chi connectivity index (χ0v) is 18.6. The first kappa shape index (κ1) is 22.2. The summed E-state index contributed by atoms with van der Waals surface area (Å²) >= 11 is 6.18. The monoisotopic (exact) mass is 443 g/mol. The lowest BCUT2D eigenvalue weighted by Crippen LogP contribution is -2.35. The molecule has 0 amide bonds. The van der Waals surface area contributed by atoms with Crippen molar-refractivity contribution in [2.45, 2.75) is 32.2 Å². The number of nitrogens with one attached hydrogen (secondary N) is 2. The Hall–Kier alpha value is -2.03. The molecule has 0 aliphatic carbocycles. The average molecular weight is 444 g/mol. The summed E-state index contributed by atoms with van der Waals surface area (Å²) in [5.74, 6) is 1.28. The van der Waals surface area contributed by atoms with E-state index in [1.54, 1.807) is 12.3 Å². The molecule has 1 fully saturated rings. The van der Waals surface area contributed by atoms with Crippen LogP contribution in [0.4, 0.5) is 5.69 Å². The molecule has 0 spiro atoms. The van der Waals surface area contributed by atoms with Crippen molar-refractivity contribution in [3.8, 4) is 0 Å². The summed E-state index contributed by atoms with van der Waals surface area (Å²) in [5.41, 5.74) is 3.35. The Morgan fingerprint density at radius 2 is 2.03 bits per heavy atom. The van der Waals surface area contributed by atoms with Gasteiger partial charge in [0, 0.05) is 23.3 Å². The summed E-state index contributed by atoms with van der Waals surface area (Å²) in [6.07, 6.45) is 3.25. The third-order valence-corrected chi connectivity index (χ3v) is 6.27. The molecule has 1 aromatic carbocycles. The lowest BCUT2D eigenvalue weighted by Gasteiger charge is -2.29. The highest BCUT2D eigenvalue weighted by atomic mass is 35.5. The summed E-state index contributed by atoms with van der Waals surface area (Å²) in [7, 11) is 2.18. The fraction of sp³-hybridized carbons (Fsp3) is 0.478. The van der Waals surface area contributed by atoms with Crippen molar-refractivity contribution >= 4 is 23.1 Å². The van der Waals surface area contributed by atoms with Crippen LogP contribution in [-0.4, -0.2) is 54.1 Å². The van der Waals surface area contributed by atoms with E-state index in [4.69, 9.17) is 16.3 Å². The number of pyridine rings is 1. The van der Waals surface area contributed by atoms with Gasteiger partial charge in [0.15, 0.2) is 6.23 Å². The number of piperidine rings is 1. The van der Waals surface area contributed by atoms with Gasteiger partial charge >= 0.3 is 0 Å². The van der Waals surface area contributed by atoms with E-state index < -0.39 is 6.23 Å². The van der Waals surface area contributed by atoms with Crippen molar-refractivity contribution in [3.05, 3.63) is 58.4 Å². The molecule has 0 saturated carbocycles. The van der Waals surface area contributed by atoms with Crippen LogP contribution in [0.1, 0.15) is 35.9 Å². The van der Waals surface area contributed by atoms with Crippen LogP contribution in [0.25, 0.3) is 0 Å². The molecule has 0 radical (unpaired) electrons. The number of aliphatic imine (C=N–C) groups is 1. The summed E-state index contributed by atoms with van der Waals surface area (Å²) in [6, 6.07) is 9.39. The summed E-state index contributed by atoms with van der Waals surface area (Å²) in [6.45, 7) is 4.56. The van der Waals surface area contributed by atoms with Crippen LogP contribution in [0.15, 0.2) is 41.5 Å². The van der Waals surface area contributed by atoms with E-state index >= 15 is 0 Å². The first-order valence-corrected chi connectivity index (χ1v) is 11.2. The molecule has 8 heteroatoms. The number of nitrogens with zero attached hydrogens (tertiary/aromatic N) is 3. The number of amidine groups is 1. The number of aliphatic hydroxyl groups is 1. The molecule has 4 rings (SSSR count). The number of benzene rings is 1. The number of ether oxygens (including phenoxy) is 1. The minimum absolute atomic E-state index is 0.249. The minimum atomic E-state index is -0.925. The highest BCUT2D eigenvalue weighted by molar-refractivity contribution is 6.31. The number of hydrogen-bond donors (Lipinski definition) is 3. The van der Waals surface area contributed by atoms with Crippen molar-refractivity contribution in [2.24, 2.45) is 10.9 Å². The van der Waals surface area contributed by atoms with Gasteiger partial charge in [-0.15, -0.1) is 0 Å². The molecule has 166 valence electrons. The molecule has 1 unspecified atom stereocenters. The van der Waals surface area contributed by atoms with Crippen LogP contribution in [-0.2, 0) is 17.9 Å². The first-order valence-electron chi connectivity index (χ1n) is 10.8. The molecule has 1 aromatic heterocycles. The molecule has 3 heterocycles. The standard InChI is InChI=1S/C23H30ClN5O2/c1-29-10-7-16(8-11-29)12-25-13-20-22-18(6-9-26-20)23(30)28-21(27-22)15-31-14-17-4-2-3-5-19(17)24/h2-6,9,16,23,25,30H,7-8,10-15H2,1H3,(H,27,28). The Kier molecular flexibility index (Phi) is 7.53. The van der Waals surface area contributed by atoms with Gasteiger partial charge in [0.05, 0.1) is 18.0 Å². The number of fused-ring (bicyclic) bond motifs is 1. The largest absolute Gasteiger partial charge is 0.369 e. The molecule has 31 heavy (non-hydrogen) atoms. The van der Waals surface area contributed by atoms with Crippen molar-refractivity contribution in [1.82, 2.24) is 15.2 Å². The smallest absolute Gasteiger partial charge is 0.175 e. The fourth-order valence-corrected chi connectivity index (χ4v) is 4.21. The molecule has 2 aromatic rings. The predicted octanol–water partition coefficient (Wildman–Crippen LogP) is 3.20. The number of halogens is 1. The fourth-order valence-electron chi connectivity index (χ4n) is 4.02. The maximum Gasteiger partial charge on any atom is 0.175 e. The van der Waals surface area contributed by atoms with Gasteiger partial charge in [-0.2, -0.15) is 0 Å². The Morgan fingerprint density at radius 1 is 1.23 bits per heavy atom. The van der Waals surface area contributed by atoms with E-state index in [1.807, 2.05) is 24.3 Å². The molecular formula is C23H30ClN5O2. The molecule has 7 nitrogen and oxygen atoms in total. The van der Waals surface area contributed by atoms with Crippen molar-refractivity contribution in [2.75, 3.05) is 38.6 Å². The average Bonchev–Trinajstić information content (AvgIpc) is 2.77. The quantitative estimate of drug-likeness (QED) is 0.581. The molecule has 2 aliphatic heterocycles. The Morgan fingerprint density at radius 3 is 2.84 bits per heavy atom. The van der Waals surface area contributed by atoms with Crippen LogP contribution in [0.2, 0.25) is 5.02 Å². The second kappa shape index (κ2) is 10.5. The van der Waals surface area contributed by atoms with Gasteiger partial charge in [-0.25, -0.2) is 4.99 Å². The zero-order chi connectivity index (χ0) is 21.6. The van der Waals surface area contributed by atoms with Crippen LogP contribution in [0.5, 0.6) is 0 Å². The van der Waals surface area contributed by atoms with Gasteiger partial charge in [0.2, 0.25) is 0 Å². The van der Waals surface area contributed by atoms with Crippen LogP contribution in [0.3, 0.4) is 0 Å². The lowest BCUT2D eigenvalue weighted by molar-refractivity contribution is 0.152.